The van der Waals surface area contributed by atoms with E-state index < -0.39 is 5.97 Å². The van der Waals surface area contributed by atoms with E-state index in [2.05, 4.69) is 4.98 Å². The van der Waals surface area contributed by atoms with Gasteiger partial charge in [-0.15, -0.1) is 0 Å². The van der Waals surface area contributed by atoms with Crippen molar-refractivity contribution in [3.63, 3.8) is 0 Å². The molecule has 1 aromatic rings. The summed E-state index contributed by atoms with van der Waals surface area (Å²) in [5.41, 5.74) is 0.552. The largest absolute Gasteiger partial charge is 0.475 e. The predicted octanol–water partition coefficient (Wildman–Crippen LogP) is 1.28. The van der Waals surface area contributed by atoms with Gasteiger partial charge in [0.2, 0.25) is 5.82 Å². The monoisotopic (exact) mass is 210 g/mol. The summed E-state index contributed by atoms with van der Waals surface area (Å²) in [7, 11) is 0. The molecule has 0 amide bonds. The molecule has 0 saturated carbocycles. The van der Waals surface area contributed by atoms with Crippen molar-refractivity contribution in [1.29, 1.82) is 0 Å². The number of hydrogen-bond donors (Lipinski definition) is 1. The highest BCUT2D eigenvalue weighted by Gasteiger charge is 2.32. The van der Waals surface area contributed by atoms with Crippen LogP contribution >= 0.6 is 0 Å². The fourth-order valence-corrected chi connectivity index (χ4v) is 1.72. The van der Waals surface area contributed by atoms with E-state index in [9.17, 15) is 4.79 Å². The van der Waals surface area contributed by atoms with Crippen LogP contribution in [0.15, 0.2) is 6.20 Å². The molecule has 5 nitrogen and oxygen atoms in total. The van der Waals surface area contributed by atoms with Crippen molar-refractivity contribution in [3.8, 4) is 0 Å². The highest BCUT2D eigenvalue weighted by molar-refractivity contribution is 5.83. The lowest BCUT2D eigenvalue weighted by Gasteiger charge is -2.34. The number of rotatable bonds is 2. The molecule has 1 unspecified atom stereocenters. The second kappa shape index (κ2) is 3.34. The molecule has 1 aliphatic rings. The average molecular weight is 210 g/mol. The molecule has 2 heterocycles. The summed E-state index contributed by atoms with van der Waals surface area (Å²) in [4.78, 5) is 14.8. The first-order valence-electron chi connectivity index (χ1n) is 4.97. The van der Waals surface area contributed by atoms with Crippen LogP contribution in [0.3, 0.4) is 0 Å². The van der Waals surface area contributed by atoms with Gasteiger partial charge in [-0.25, -0.2) is 9.78 Å². The smallest absolute Gasteiger partial charge is 0.372 e. The van der Waals surface area contributed by atoms with E-state index in [0.717, 1.165) is 12.1 Å². The van der Waals surface area contributed by atoms with Crippen LogP contribution in [0.1, 0.15) is 36.6 Å². The summed E-state index contributed by atoms with van der Waals surface area (Å²) in [6.07, 6.45) is 2.42. The number of aromatic carboxylic acids is 1. The van der Waals surface area contributed by atoms with Crippen LogP contribution in [0.2, 0.25) is 0 Å². The normalized spacial score (nSPS) is 24.9. The Labute approximate surface area is 87.7 Å². The van der Waals surface area contributed by atoms with Gasteiger partial charge in [0.05, 0.1) is 30.6 Å². The number of carboxylic acid groups (broad SMARTS) is 1. The third kappa shape index (κ3) is 1.63. The SMILES string of the molecule is CCC1(C)Cn2c(cnc2C(=O)O)CO1. The first-order valence-corrected chi connectivity index (χ1v) is 4.97. The van der Waals surface area contributed by atoms with E-state index in [4.69, 9.17) is 9.84 Å². The van der Waals surface area contributed by atoms with Crippen molar-refractivity contribution in [2.45, 2.75) is 39.0 Å². The van der Waals surface area contributed by atoms with Crippen molar-refractivity contribution in [2.24, 2.45) is 0 Å². The zero-order valence-corrected chi connectivity index (χ0v) is 8.86. The lowest BCUT2D eigenvalue weighted by Crippen LogP contribution is -2.39. The number of hydrogen-bond acceptors (Lipinski definition) is 3. The highest BCUT2D eigenvalue weighted by Crippen LogP contribution is 2.26. The lowest BCUT2D eigenvalue weighted by atomic mass is 10.0. The van der Waals surface area contributed by atoms with Crippen molar-refractivity contribution in [3.05, 3.63) is 17.7 Å². The molecule has 0 radical (unpaired) electrons. The van der Waals surface area contributed by atoms with Crippen molar-refractivity contribution in [1.82, 2.24) is 9.55 Å². The minimum absolute atomic E-state index is 0.105. The molecular formula is C10H14N2O3. The Hall–Kier alpha value is -1.36. The highest BCUT2D eigenvalue weighted by atomic mass is 16.5. The van der Waals surface area contributed by atoms with Gasteiger partial charge in [-0.05, 0) is 13.3 Å². The molecule has 0 spiro atoms. The van der Waals surface area contributed by atoms with Gasteiger partial charge in [0.15, 0.2) is 0 Å². The van der Waals surface area contributed by atoms with Gasteiger partial charge in [-0.1, -0.05) is 6.92 Å². The van der Waals surface area contributed by atoms with Gasteiger partial charge in [-0.3, -0.25) is 0 Å². The number of carboxylic acids is 1. The van der Waals surface area contributed by atoms with Crippen LogP contribution in [0, 0.1) is 0 Å². The number of imidazole rings is 1. The van der Waals surface area contributed by atoms with E-state index in [0.29, 0.717) is 13.2 Å². The van der Waals surface area contributed by atoms with Crippen molar-refractivity contribution >= 4 is 5.97 Å². The zero-order chi connectivity index (χ0) is 11.1. The fraction of sp³-hybridized carbons (Fsp3) is 0.600. The second-order valence-electron chi connectivity index (χ2n) is 4.06. The molecule has 1 atom stereocenters. The Morgan fingerprint density at radius 3 is 3.13 bits per heavy atom. The Balaban J connectivity index is 2.38. The first-order chi connectivity index (χ1) is 7.06. The summed E-state index contributed by atoms with van der Waals surface area (Å²) in [6, 6.07) is 0. The number of nitrogens with zero attached hydrogens (tertiary/aromatic N) is 2. The third-order valence-electron chi connectivity index (χ3n) is 2.94. The quantitative estimate of drug-likeness (QED) is 0.798. The van der Waals surface area contributed by atoms with Crippen molar-refractivity contribution in [2.75, 3.05) is 0 Å². The molecule has 1 N–H and O–H groups in total. The van der Waals surface area contributed by atoms with Gasteiger partial charge < -0.3 is 14.4 Å². The maximum absolute atomic E-state index is 10.9. The molecule has 82 valence electrons. The number of fused-ring (bicyclic) bond motifs is 1. The van der Waals surface area contributed by atoms with E-state index >= 15 is 0 Å². The van der Waals surface area contributed by atoms with Crippen LogP contribution < -0.4 is 0 Å². The molecule has 1 aromatic heterocycles. The summed E-state index contributed by atoms with van der Waals surface area (Å²) < 4.78 is 7.41. The van der Waals surface area contributed by atoms with Crippen LogP contribution in [-0.4, -0.2) is 26.2 Å². The van der Waals surface area contributed by atoms with Crippen LogP contribution in [-0.2, 0) is 17.9 Å². The Kier molecular flexibility index (Phi) is 2.26. The summed E-state index contributed by atoms with van der Waals surface area (Å²) in [5.74, 6) is -0.880. The Bertz CT molecular complexity index is 399. The van der Waals surface area contributed by atoms with Gasteiger partial charge in [-0.2, -0.15) is 0 Å². The second-order valence-corrected chi connectivity index (χ2v) is 4.06. The average Bonchev–Trinajstić information content (AvgIpc) is 2.60. The van der Waals surface area contributed by atoms with Crippen LogP contribution in [0.25, 0.3) is 0 Å². The Morgan fingerprint density at radius 1 is 1.80 bits per heavy atom. The standard InChI is InChI=1S/C10H14N2O3/c1-3-10(2)6-12-7(5-15-10)4-11-8(12)9(13)14/h4H,3,5-6H2,1-2H3,(H,13,14). The maximum Gasteiger partial charge on any atom is 0.372 e. The number of carbonyl (C=O) groups is 1. The number of aromatic nitrogens is 2. The predicted molar refractivity (Wildman–Crippen MR) is 52.7 cm³/mol. The lowest BCUT2D eigenvalue weighted by molar-refractivity contribution is -0.0785. The van der Waals surface area contributed by atoms with E-state index in [1.807, 2.05) is 13.8 Å². The van der Waals surface area contributed by atoms with Gasteiger partial charge in [0.1, 0.15) is 0 Å². The molecule has 0 aliphatic carbocycles. The Morgan fingerprint density at radius 2 is 2.53 bits per heavy atom. The molecular weight excluding hydrogens is 196 g/mol. The van der Waals surface area contributed by atoms with Gasteiger partial charge >= 0.3 is 5.97 Å². The molecule has 0 fully saturated rings. The van der Waals surface area contributed by atoms with E-state index in [1.54, 1.807) is 10.8 Å². The minimum atomic E-state index is -0.985. The molecule has 1 aliphatic heterocycles. The summed E-state index contributed by atoms with van der Waals surface area (Å²) >= 11 is 0. The fourth-order valence-electron chi connectivity index (χ4n) is 1.72. The molecule has 0 saturated heterocycles. The van der Waals surface area contributed by atoms with Crippen LogP contribution in [0.5, 0.6) is 0 Å². The maximum atomic E-state index is 10.9. The van der Waals surface area contributed by atoms with E-state index in [-0.39, 0.29) is 11.4 Å². The van der Waals surface area contributed by atoms with Crippen molar-refractivity contribution < 1.29 is 14.6 Å². The number of ether oxygens (including phenoxy) is 1. The first kappa shape index (κ1) is 10.2. The molecule has 0 bridgehead atoms. The molecule has 15 heavy (non-hydrogen) atoms. The van der Waals surface area contributed by atoms with Gasteiger partial charge in [0.25, 0.3) is 0 Å². The summed E-state index contributed by atoms with van der Waals surface area (Å²) in [6.45, 7) is 5.01. The van der Waals surface area contributed by atoms with Crippen LogP contribution in [0.4, 0.5) is 0 Å². The zero-order valence-electron chi connectivity index (χ0n) is 8.86. The van der Waals surface area contributed by atoms with E-state index in [1.165, 1.54) is 0 Å². The molecule has 0 aromatic carbocycles. The summed E-state index contributed by atoms with van der Waals surface area (Å²) in [5, 5.41) is 8.95. The third-order valence-corrected chi connectivity index (χ3v) is 2.94. The minimum Gasteiger partial charge on any atom is -0.475 e. The van der Waals surface area contributed by atoms with Gasteiger partial charge in [0, 0.05) is 0 Å². The molecule has 2 rings (SSSR count). The molecule has 5 heteroatoms. The topological polar surface area (TPSA) is 64.4 Å².